The molecule has 2 fully saturated rings. The first-order chi connectivity index (χ1) is 10.3. The van der Waals surface area contributed by atoms with Gasteiger partial charge in [0.15, 0.2) is 0 Å². The van der Waals surface area contributed by atoms with E-state index in [4.69, 9.17) is 4.98 Å². The second kappa shape index (κ2) is 5.09. The maximum Gasteiger partial charge on any atom is 0.127 e. The van der Waals surface area contributed by atoms with Gasteiger partial charge in [0, 0.05) is 6.04 Å². The number of hydrogen-bond donors (Lipinski definition) is 1. The average Bonchev–Trinajstić information content (AvgIpc) is 3.28. The van der Waals surface area contributed by atoms with E-state index in [0.717, 1.165) is 35.7 Å². The number of nitrogens with zero attached hydrogens (tertiary/aromatic N) is 2. The Balaban J connectivity index is 1.78. The lowest BCUT2D eigenvalue weighted by Crippen LogP contribution is -2.33. The zero-order valence-corrected chi connectivity index (χ0v) is 12.5. The minimum Gasteiger partial charge on any atom is -0.323 e. The normalized spacial score (nSPS) is 26.4. The first-order valence-electron chi connectivity index (χ1n) is 8.17. The molecule has 1 saturated carbocycles. The molecule has 1 saturated heterocycles. The largest absolute Gasteiger partial charge is 0.323 e. The molecule has 21 heavy (non-hydrogen) atoms. The summed E-state index contributed by atoms with van der Waals surface area (Å²) in [6.07, 6.45) is 6.02. The molecule has 112 valence electrons. The van der Waals surface area contributed by atoms with Crippen LogP contribution in [0.25, 0.3) is 11.0 Å². The van der Waals surface area contributed by atoms with Gasteiger partial charge < -0.3 is 9.88 Å². The van der Waals surface area contributed by atoms with Crippen LogP contribution >= 0.6 is 0 Å². The molecule has 0 amide bonds. The van der Waals surface area contributed by atoms with Crippen molar-refractivity contribution in [3.05, 3.63) is 29.8 Å². The van der Waals surface area contributed by atoms with Gasteiger partial charge in [-0.25, -0.2) is 9.37 Å². The molecule has 2 aromatic rings. The highest BCUT2D eigenvalue weighted by atomic mass is 19.1. The molecular formula is C17H22FN3. The summed E-state index contributed by atoms with van der Waals surface area (Å²) in [6, 6.07) is 5.81. The molecule has 4 heteroatoms. The van der Waals surface area contributed by atoms with E-state index in [1.807, 2.05) is 6.07 Å². The predicted molar refractivity (Wildman–Crippen MR) is 81.7 cm³/mol. The van der Waals surface area contributed by atoms with Crippen LogP contribution in [-0.4, -0.2) is 16.1 Å². The van der Waals surface area contributed by atoms with Gasteiger partial charge in [0.25, 0.3) is 0 Å². The Morgan fingerprint density at radius 3 is 2.95 bits per heavy atom. The zero-order chi connectivity index (χ0) is 14.4. The third-order valence-corrected chi connectivity index (χ3v) is 4.99. The van der Waals surface area contributed by atoms with E-state index in [1.165, 1.54) is 31.7 Å². The van der Waals surface area contributed by atoms with Crippen LogP contribution in [0, 0.1) is 11.7 Å². The van der Waals surface area contributed by atoms with Gasteiger partial charge in [-0.15, -0.1) is 0 Å². The molecule has 1 aromatic heterocycles. The van der Waals surface area contributed by atoms with Crippen LogP contribution in [0.4, 0.5) is 4.39 Å². The second-order valence-electron chi connectivity index (χ2n) is 6.51. The third kappa shape index (κ3) is 2.35. The zero-order valence-electron chi connectivity index (χ0n) is 12.5. The average molecular weight is 287 g/mol. The predicted octanol–water partition coefficient (Wildman–Crippen LogP) is 3.96. The number of halogens is 1. The Morgan fingerprint density at radius 2 is 2.19 bits per heavy atom. The van der Waals surface area contributed by atoms with Crippen molar-refractivity contribution in [1.29, 1.82) is 0 Å². The van der Waals surface area contributed by atoms with Crippen molar-refractivity contribution >= 4 is 11.0 Å². The molecule has 1 aliphatic heterocycles. The van der Waals surface area contributed by atoms with Crippen molar-refractivity contribution in [3.8, 4) is 0 Å². The van der Waals surface area contributed by atoms with E-state index in [2.05, 4.69) is 16.8 Å². The van der Waals surface area contributed by atoms with Crippen molar-refractivity contribution in [3.63, 3.8) is 0 Å². The highest BCUT2D eigenvalue weighted by Gasteiger charge is 2.33. The van der Waals surface area contributed by atoms with Gasteiger partial charge in [0.2, 0.25) is 0 Å². The maximum absolute atomic E-state index is 13.6. The summed E-state index contributed by atoms with van der Waals surface area (Å²) in [6.45, 7) is 3.33. The quantitative estimate of drug-likeness (QED) is 0.926. The number of imidazole rings is 1. The molecule has 0 radical (unpaired) electrons. The first kappa shape index (κ1) is 13.3. The smallest absolute Gasteiger partial charge is 0.127 e. The molecule has 2 unspecified atom stereocenters. The van der Waals surface area contributed by atoms with Crippen LogP contribution in [0.5, 0.6) is 0 Å². The van der Waals surface area contributed by atoms with Crippen LogP contribution in [0.1, 0.15) is 56.9 Å². The lowest BCUT2D eigenvalue weighted by atomic mass is 9.90. The van der Waals surface area contributed by atoms with Gasteiger partial charge >= 0.3 is 0 Å². The summed E-state index contributed by atoms with van der Waals surface area (Å²) in [7, 11) is 0. The van der Waals surface area contributed by atoms with Crippen LogP contribution in [0.15, 0.2) is 18.2 Å². The minimum absolute atomic E-state index is 0.168. The summed E-state index contributed by atoms with van der Waals surface area (Å²) < 4.78 is 15.9. The fraction of sp³-hybridized carbons (Fsp3) is 0.588. The Bertz CT molecular complexity index is 659. The van der Waals surface area contributed by atoms with Crippen LogP contribution < -0.4 is 5.32 Å². The molecular weight excluding hydrogens is 265 g/mol. The topological polar surface area (TPSA) is 29.9 Å². The van der Waals surface area contributed by atoms with E-state index >= 15 is 0 Å². The van der Waals surface area contributed by atoms with E-state index in [0.29, 0.717) is 12.1 Å². The fourth-order valence-corrected chi connectivity index (χ4v) is 3.61. The van der Waals surface area contributed by atoms with Crippen LogP contribution in [0.3, 0.4) is 0 Å². The van der Waals surface area contributed by atoms with Crippen molar-refractivity contribution < 1.29 is 4.39 Å². The van der Waals surface area contributed by atoms with Gasteiger partial charge in [-0.3, -0.25) is 0 Å². The third-order valence-electron chi connectivity index (χ3n) is 4.99. The highest BCUT2D eigenvalue weighted by molar-refractivity contribution is 5.76. The molecule has 0 spiro atoms. The molecule has 2 atom stereocenters. The monoisotopic (exact) mass is 287 g/mol. The van der Waals surface area contributed by atoms with Crippen molar-refractivity contribution in [2.45, 2.75) is 51.1 Å². The summed E-state index contributed by atoms with van der Waals surface area (Å²) >= 11 is 0. The minimum atomic E-state index is -0.168. The van der Waals surface area contributed by atoms with E-state index in [-0.39, 0.29) is 5.82 Å². The number of nitrogens with one attached hydrogen (secondary N) is 1. The summed E-state index contributed by atoms with van der Waals surface area (Å²) in [5.74, 6) is 1.73. The molecule has 1 aromatic carbocycles. The van der Waals surface area contributed by atoms with E-state index < -0.39 is 0 Å². The van der Waals surface area contributed by atoms with E-state index in [9.17, 15) is 4.39 Å². The Hall–Kier alpha value is -1.42. The standard InChI is InChI=1S/C17H22FN3/c1-2-11-7-8-19-15(9-11)17-20-14-6-3-12(18)10-16(14)21(17)13-4-5-13/h3,6,10-11,13,15,19H,2,4-5,7-9H2,1H3. The Kier molecular flexibility index (Phi) is 3.21. The lowest BCUT2D eigenvalue weighted by Gasteiger charge is -2.29. The van der Waals surface area contributed by atoms with Gasteiger partial charge in [-0.1, -0.05) is 13.3 Å². The van der Waals surface area contributed by atoms with Gasteiger partial charge in [0.05, 0.1) is 17.1 Å². The molecule has 2 aliphatic rings. The van der Waals surface area contributed by atoms with Crippen molar-refractivity contribution in [1.82, 2.24) is 14.9 Å². The Morgan fingerprint density at radius 1 is 1.33 bits per heavy atom. The number of fused-ring (bicyclic) bond motifs is 1. The number of hydrogen-bond acceptors (Lipinski definition) is 2. The number of benzene rings is 1. The summed E-state index contributed by atoms with van der Waals surface area (Å²) in [5, 5.41) is 3.62. The summed E-state index contributed by atoms with van der Waals surface area (Å²) in [5.41, 5.74) is 1.90. The van der Waals surface area contributed by atoms with E-state index in [1.54, 1.807) is 6.07 Å². The molecule has 3 nitrogen and oxygen atoms in total. The molecule has 1 N–H and O–H groups in total. The van der Waals surface area contributed by atoms with Gasteiger partial charge in [-0.2, -0.15) is 0 Å². The molecule has 1 aliphatic carbocycles. The molecule has 0 bridgehead atoms. The first-order valence-corrected chi connectivity index (χ1v) is 8.17. The molecule has 4 rings (SSSR count). The van der Waals surface area contributed by atoms with Gasteiger partial charge in [-0.05, 0) is 56.3 Å². The van der Waals surface area contributed by atoms with Crippen LogP contribution in [0.2, 0.25) is 0 Å². The Labute approximate surface area is 124 Å². The summed E-state index contributed by atoms with van der Waals surface area (Å²) in [4.78, 5) is 4.84. The number of aromatic nitrogens is 2. The molecule has 2 heterocycles. The lowest BCUT2D eigenvalue weighted by molar-refractivity contribution is 0.287. The number of rotatable bonds is 3. The second-order valence-corrected chi connectivity index (χ2v) is 6.51. The number of piperidine rings is 1. The highest BCUT2D eigenvalue weighted by Crippen LogP contribution is 2.41. The van der Waals surface area contributed by atoms with Crippen molar-refractivity contribution in [2.24, 2.45) is 5.92 Å². The van der Waals surface area contributed by atoms with Crippen LogP contribution in [-0.2, 0) is 0 Å². The van der Waals surface area contributed by atoms with Gasteiger partial charge in [0.1, 0.15) is 11.6 Å². The maximum atomic E-state index is 13.6. The van der Waals surface area contributed by atoms with Crippen molar-refractivity contribution in [2.75, 3.05) is 6.54 Å². The SMILES string of the molecule is CCC1CCNC(c2nc3ccc(F)cc3n2C2CC2)C1. The fourth-order valence-electron chi connectivity index (χ4n) is 3.61.